The van der Waals surface area contributed by atoms with Crippen LogP contribution in [0.25, 0.3) is 5.57 Å². The van der Waals surface area contributed by atoms with Crippen LogP contribution < -0.4 is 0 Å². The first-order chi connectivity index (χ1) is 8.15. The van der Waals surface area contributed by atoms with Crippen molar-refractivity contribution in [3.05, 3.63) is 41.2 Å². The lowest BCUT2D eigenvalue weighted by atomic mass is 10.00. The lowest BCUT2D eigenvalue weighted by Gasteiger charge is -2.12. The van der Waals surface area contributed by atoms with Gasteiger partial charge in [0.2, 0.25) is 0 Å². The molecule has 4 heteroatoms. The third-order valence-electron chi connectivity index (χ3n) is 2.48. The zero-order valence-electron chi connectivity index (χ0n) is 10.1. The molecule has 1 aromatic rings. The molecule has 0 heterocycles. The number of hydrogen-bond acceptors (Lipinski definition) is 3. The Morgan fingerprint density at radius 1 is 1.24 bits per heavy atom. The Balaban J connectivity index is 3.38. The second-order valence-electron chi connectivity index (χ2n) is 3.42. The monoisotopic (exact) mass is 254 g/mol. The normalized spacial score (nSPS) is 11.8. The van der Waals surface area contributed by atoms with E-state index in [2.05, 4.69) is 0 Å². The van der Waals surface area contributed by atoms with Crippen LogP contribution in [0.2, 0.25) is 0 Å². The Labute approximate surface area is 106 Å². The molecule has 0 bridgehead atoms. The molecule has 0 radical (unpaired) electrons. The summed E-state index contributed by atoms with van der Waals surface area (Å²) in [5, 5.41) is 0. The first-order valence-electron chi connectivity index (χ1n) is 5.13. The number of esters is 1. The molecule has 0 aromatic heterocycles. The fraction of sp³-hybridized carbons (Fsp3) is 0.308. The van der Waals surface area contributed by atoms with Gasteiger partial charge in [-0.25, -0.2) is 4.79 Å². The van der Waals surface area contributed by atoms with Crippen LogP contribution in [-0.4, -0.2) is 20.2 Å². The topological polar surface area (TPSA) is 35.5 Å². The van der Waals surface area contributed by atoms with Gasteiger partial charge in [-0.1, -0.05) is 24.3 Å². The molecule has 0 amide bonds. The maximum Gasteiger partial charge on any atom is 0.341 e. The maximum atomic E-state index is 11.8. The maximum absolute atomic E-state index is 11.8. The van der Waals surface area contributed by atoms with E-state index in [-0.39, 0.29) is 0 Å². The van der Waals surface area contributed by atoms with Crippen molar-refractivity contribution in [2.75, 3.05) is 14.2 Å². The van der Waals surface area contributed by atoms with Crippen molar-refractivity contribution in [1.29, 1.82) is 0 Å². The molecular weight excluding hydrogens is 240 g/mol. The Bertz CT molecular complexity index is 438. The van der Waals surface area contributed by atoms with E-state index in [9.17, 15) is 4.79 Å². The fourth-order valence-corrected chi connectivity index (χ4v) is 1.76. The summed E-state index contributed by atoms with van der Waals surface area (Å²) in [6.07, 6.45) is 0. The van der Waals surface area contributed by atoms with Gasteiger partial charge in [0.15, 0.2) is 0 Å². The summed E-state index contributed by atoms with van der Waals surface area (Å²) in [7, 11) is 2.86. The molecule has 0 saturated heterocycles. The molecule has 3 nitrogen and oxygen atoms in total. The van der Waals surface area contributed by atoms with Crippen LogP contribution in [0.3, 0.4) is 0 Å². The van der Waals surface area contributed by atoms with E-state index < -0.39 is 5.97 Å². The average Bonchev–Trinajstić information content (AvgIpc) is 2.39. The summed E-state index contributed by atoms with van der Waals surface area (Å²) in [5.41, 5.74) is 2.02. The summed E-state index contributed by atoms with van der Waals surface area (Å²) < 4.78 is 9.89. The van der Waals surface area contributed by atoms with Crippen LogP contribution in [-0.2, 0) is 20.1 Å². The highest BCUT2D eigenvalue weighted by atomic mass is 35.5. The van der Waals surface area contributed by atoms with Gasteiger partial charge >= 0.3 is 5.97 Å². The highest BCUT2D eigenvalue weighted by Gasteiger charge is 2.19. The van der Waals surface area contributed by atoms with Gasteiger partial charge in [0, 0.05) is 5.88 Å². The largest absolute Gasteiger partial charge is 0.500 e. The Hall–Kier alpha value is -1.48. The molecule has 92 valence electrons. The number of alkyl halides is 1. The number of hydrogen-bond donors (Lipinski definition) is 0. The van der Waals surface area contributed by atoms with Gasteiger partial charge in [0.1, 0.15) is 11.3 Å². The molecule has 1 rings (SSSR count). The van der Waals surface area contributed by atoms with E-state index in [0.717, 1.165) is 11.1 Å². The van der Waals surface area contributed by atoms with E-state index >= 15 is 0 Å². The van der Waals surface area contributed by atoms with Crippen LogP contribution in [0.15, 0.2) is 30.0 Å². The molecule has 1 aromatic carbocycles. The van der Waals surface area contributed by atoms with E-state index in [4.69, 9.17) is 21.1 Å². The first-order valence-corrected chi connectivity index (χ1v) is 5.66. The predicted octanol–water partition coefficient (Wildman–Crippen LogP) is 2.98. The zero-order valence-corrected chi connectivity index (χ0v) is 10.9. The molecule has 0 unspecified atom stereocenters. The molecule has 0 atom stereocenters. The van der Waals surface area contributed by atoms with E-state index in [1.54, 1.807) is 6.92 Å². The van der Waals surface area contributed by atoms with E-state index in [0.29, 0.717) is 17.2 Å². The molecule has 17 heavy (non-hydrogen) atoms. The number of halogens is 1. The van der Waals surface area contributed by atoms with Gasteiger partial charge in [0.05, 0.1) is 14.2 Å². The van der Waals surface area contributed by atoms with Crippen molar-refractivity contribution in [3.63, 3.8) is 0 Å². The summed E-state index contributed by atoms with van der Waals surface area (Å²) in [6.45, 7) is 1.72. The van der Waals surface area contributed by atoms with Gasteiger partial charge in [0.25, 0.3) is 0 Å². The Morgan fingerprint density at radius 2 is 1.88 bits per heavy atom. The lowest BCUT2D eigenvalue weighted by Crippen LogP contribution is -2.08. The third-order valence-corrected chi connectivity index (χ3v) is 2.77. The van der Waals surface area contributed by atoms with Crippen LogP contribution in [0.1, 0.15) is 18.1 Å². The quantitative estimate of drug-likeness (QED) is 0.359. The Kier molecular flexibility index (Phi) is 5.04. The van der Waals surface area contributed by atoms with Crippen LogP contribution in [0, 0.1) is 0 Å². The average molecular weight is 255 g/mol. The summed E-state index contributed by atoms with van der Waals surface area (Å²) in [4.78, 5) is 11.8. The third kappa shape index (κ3) is 3.01. The van der Waals surface area contributed by atoms with Gasteiger partial charge in [-0.3, -0.25) is 0 Å². The van der Waals surface area contributed by atoms with Crippen LogP contribution in [0.5, 0.6) is 0 Å². The van der Waals surface area contributed by atoms with Crippen molar-refractivity contribution in [3.8, 4) is 0 Å². The number of ether oxygens (including phenoxy) is 2. The molecule has 0 aliphatic carbocycles. The van der Waals surface area contributed by atoms with Gasteiger partial charge in [-0.05, 0) is 18.1 Å². The van der Waals surface area contributed by atoms with Crippen LogP contribution >= 0.6 is 11.6 Å². The number of allylic oxidation sites excluding steroid dienone is 1. The van der Waals surface area contributed by atoms with Gasteiger partial charge in [-0.2, -0.15) is 0 Å². The second kappa shape index (κ2) is 6.30. The fourth-order valence-electron chi connectivity index (χ4n) is 1.53. The standard InChI is InChI=1S/C13H15ClO3/c1-9(16-2)12(13(15)17-3)11-7-5-4-6-10(11)8-14/h4-7H,8H2,1-3H3/b12-9+. The molecule has 0 aliphatic heterocycles. The minimum Gasteiger partial charge on any atom is -0.500 e. The van der Waals surface area contributed by atoms with Crippen molar-refractivity contribution >= 4 is 23.1 Å². The molecular formula is C13H15ClO3. The number of benzene rings is 1. The summed E-state index contributed by atoms with van der Waals surface area (Å²) >= 11 is 5.86. The second-order valence-corrected chi connectivity index (χ2v) is 3.68. The van der Waals surface area contributed by atoms with Crippen molar-refractivity contribution in [1.82, 2.24) is 0 Å². The van der Waals surface area contributed by atoms with E-state index in [1.807, 2.05) is 24.3 Å². The van der Waals surface area contributed by atoms with Crippen molar-refractivity contribution in [2.24, 2.45) is 0 Å². The highest BCUT2D eigenvalue weighted by Crippen LogP contribution is 2.25. The van der Waals surface area contributed by atoms with E-state index in [1.165, 1.54) is 14.2 Å². The van der Waals surface area contributed by atoms with Crippen molar-refractivity contribution in [2.45, 2.75) is 12.8 Å². The summed E-state index contributed by atoms with van der Waals surface area (Å²) in [6, 6.07) is 7.41. The zero-order chi connectivity index (χ0) is 12.8. The number of carbonyl (C=O) groups is 1. The van der Waals surface area contributed by atoms with Crippen molar-refractivity contribution < 1.29 is 14.3 Å². The smallest absolute Gasteiger partial charge is 0.341 e. The molecule has 0 saturated carbocycles. The number of methoxy groups -OCH3 is 2. The van der Waals surface area contributed by atoms with Crippen LogP contribution in [0.4, 0.5) is 0 Å². The number of rotatable bonds is 4. The molecule has 0 fully saturated rings. The number of carbonyl (C=O) groups excluding carboxylic acids is 1. The SMILES string of the molecule is COC(=O)/C(=C(\C)OC)c1ccccc1CCl. The first kappa shape index (κ1) is 13.6. The minimum absolute atomic E-state index is 0.327. The highest BCUT2D eigenvalue weighted by molar-refractivity contribution is 6.20. The predicted molar refractivity (Wildman–Crippen MR) is 67.6 cm³/mol. The lowest BCUT2D eigenvalue weighted by molar-refractivity contribution is -0.133. The van der Waals surface area contributed by atoms with Gasteiger partial charge < -0.3 is 9.47 Å². The molecule has 0 spiro atoms. The molecule has 0 N–H and O–H groups in total. The molecule has 0 aliphatic rings. The minimum atomic E-state index is -0.429. The van der Waals surface area contributed by atoms with Gasteiger partial charge in [-0.15, -0.1) is 11.6 Å². The summed E-state index contributed by atoms with van der Waals surface area (Å²) in [5.74, 6) is 0.407. The Morgan fingerprint density at radius 3 is 2.41 bits per heavy atom.